The molecule has 1 aromatic carbocycles. The minimum Gasteiger partial charge on any atom is -0.497 e. The number of rotatable bonds is 6. The van der Waals surface area contributed by atoms with Crippen molar-refractivity contribution in [2.24, 2.45) is 0 Å². The van der Waals surface area contributed by atoms with Crippen LogP contribution < -0.4 is 4.74 Å². The second kappa shape index (κ2) is 7.95. The molecule has 1 saturated heterocycles. The van der Waals surface area contributed by atoms with Crippen molar-refractivity contribution in [3.05, 3.63) is 29.3 Å². The monoisotopic (exact) mass is 306 g/mol. The highest BCUT2D eigenvalue weighted by Crippen LogP contribution is 2.25. The summed E-state index contributed by atoms with van der Waals surface area (Å²) in [5.41, 5.74) is 2.10. The van der Waals surface area contributed by atoms with Crippen LogP contribution in [0.1, 0.15) is 36.5 Å². The SMILES string of the molecule is COc1ccc(C(O)CCN(C)C2CCN(C)CC2)c(C)c1. The molecule has 22 heavy (non-hydrogen) atoms. The maximum absolute atomic E-state index is 10.5. The quantitative estimate of drug-likeness (QED) is 0.876. The van der Waals surface area contributed by atoms with E-state index in [4.69, 9.17) is 4.74 Å². The maximum Gasteiger partial charge on any atom is 0.119 e. The Morgan fingerprint density at radius 1 is 1.36 bits per heavy atom. The topological polar surface area (TPSA) is 35.9 Å². The Morgan fingerprint density at radius 2 is 2.05 bits per heavy atom. The molecule has 1 fully saturated rings. The first kappa shape index (κ1) is 17.3. The number of ether oxygens (including phenoxy) is 1. The van der Waals surface area contributed by atoms with Gasteiger partial charge in [0.2, 0.25) is 0 Å². The van der Waals surface area contributed by atoms with Crippen LogP contribution in [0.3, 0.4) is 0 Å². The molecule has 1 aromatic rings. The minimum atomic E-state index is -0.403. The third-order valence-corrected chi connectivity index (χ3v) is 4.90. The summed E-state index contributed by atoms with van der Waals surface area (Å²) in [6.45, 7) is 5.31. The molecule has 0 amide bonds. The van der Waals surface area contributed by atoms with Gasteiger partial charge in [0.1, 0.15) is 5.75 Å². The van der Waals surface area contributed by atoms with Crippen molar-refractivity contribution in [2.75, 3.05) is 40.8 Å². The average molecular weight is 306 g/mol. The van der Waals surface area contributed by atoms with E-state index in [1.807, 2.05) is 25.1 Å². The van der Waals surface area contributed by atoms with Crippen LogP contribution in [-0.2, 0) is 0 Å². The van der Waals surface area contributed by atoms with E-state index in [9.17, 15) is 5.11 Å². The van der Waals surface area contributed by atoms with Crippen LogP contribution in [0.2, 0.25) is 0 Å². The molecule has 1 heterocycles. The molecule has 0 spiro atoms. The van der Waals surface area contributed by atoms with Gasteiger partial charge >= 0.3 is 0 Å². The van der Waals surface area contributed by atoms with Gasteiger partial charge in [-0.25, -0.2) is 0 Å². The molecule has 4 nitrogen and oxygen atoms in total. The van der Waals surface area contributed by atoms with Crippen LogP contribution >= 0.6 is 0 Å². The highest BCUT2D eigenvalue weighted by Gasteiger charge is 2.21. The Bertz CT molecular complexity index is 470. The van der Waals surface area contributed by atoms with Crippen LogP contribution in [0.25, 0.3) is 0 Å². The Kier molecular flexibility index (Phi) is 6.24. The summed E-state index contributed by atoms with van der Waals surface area (Å²) < 4.78 is 5.22. The fourth-order valence-corrected chi connectivity index (χ4v) is 3.25. The Labute approximate surface area is 134 Å². The van der Waals surface area contributed by atoms with Crippen LogP contribution in [0.4, 0.5) is 0 Å². The number of methoxy groups -OCH3 is 1. The summed E-state index contributed by atoms with van der Waals surface area (Å²) in [5.74, 6) is 0.844. The molecule has 0 saturated carbocycles. The minimum absolute atomic E-state index is 0.403. The van der Waals surface area contributed by atoms with Crippen LogP contribution in [0, 0.1) is 6.92 Å². The Morgan fingerprint density at radius 3 is 2.64 bits per heavy atom. The summed E-state index contributed by atoms with van der Waals surface area (Å²) >= 11 is 0. The van der Waals surface area contributed by atoms with Gasteiger partial charge in [0.25, 0.3) is 0 Å². The molecule has 4 heteroatoms. The van der Waals surface area contributed by atoms with E-state index in [1.54, 1.807) is 7.11 Å². The van der Waals surface area contributed by atoms with Gasteiger partial charge in [-0.3, -0.25) is 0 Å². The molecule has 1 aliphatic heterocycles. The molecule has 1 aliphatic rings. The maximum atomic E-state index is 10.5. The zero-order chi connectivity index (χ0) is 16.1. The summed E-state index contributed by atoms with van der Waals surface area (Å²) in [7, 11) is 6.04. The number of piperidine rings is 1. The lowest BCUT2D eigenvalue weighted by atomic mass is 9.99. The second-order valence-corrected chi connectivity index (χ2v) is 6.54. The third kappa shape index (κ3) is 4.45. The molecule has 0 bridgehead atoms. The van der Waals surface area contributed by atoms with Crippen molar-refractivity contribution in [3.8, 4) is 5.75 Å². The number of aliphatic hydroxyl groups excluding tert-OH is 1. The number of benzene rings is 1. The van der Waals surface area contributed by atoms with E-state index >= 15 is 0 Å². The number of hydrogen-bond acceptors (Lipinski definition) is 4. The molecule has 1 atom stereocenters. The smallest absolute Gasteiger partial charge is 0.119 e. The largest absolute Gasteiger partial charge is 0.497 e. The molecule has 0 aliphatic carbocycles. The van der Waals surface area contributed by atoms with Crippen molar-refractivity contribution in [1.29, 1.82) is 0 Å². The second-order valence-electron chi connectivity index (χ2n) is 6.54. The predicted octanol–water partition coefficient (Wildman–Crippen LogP) is 2.45. The Balaban J connectivity index is 1.85. The van der Waals surface area contributed by atoms with Gasteiger partial charge in [-0.05, 0) is 76.6 Å². The molecule has 1 unspecified atom stereocenters. The van der Waals surface area contributed by atoms with Gasteiger partial charge < -0.3 is 19.6 Å². The fraction of sp³-hybridized carbons (Fsp3) is 0.667. The van der Waals surface area contributed by atoms with E-state index in [1.165, 1.54) is 25.9 Å². The van der Waals surface area contributed by atoms with Gasteiger partial charge in [-0.1, -0.05) is 6.07 Å². The van der Waals surface area contributed by atoms with Crippen molar-refractivity contribution in [3.63, 3.8) is 0 Å². The summed E-state index contributed by atoms with van der Waals surface area (Å²) in [6.07, 6.45) is 2.82. The molecule has 0 aromatic heterocycles. The third-order valence-electron chi connectivity index (χ3n) is 4.90. The van der Waals surface area contributed by atoms with Gasteiger partial charge in [-0.15, -0.1) is 0 Å². The number of hydrogen-bond donors (Lipinski definition) is 1. The van der Waals surface area contributed by atoms with Crippen LogP contribution in [0.5, 0.6) is 5.75 Å². The van der Waals surface area contributed by atoms with Crippen LogP contribution in [-0.4, -0.2) is 61.8 Å². The van der Waals surface area contributed by atoms with Gasteiger partial charge in [0.15, 0.2) is 0 Å². The van der Waals surface area contributed by atoms with Gasteiger partial charge in [0, 0.05) is 12.6 Å². The molecule has 0 radical (unpaired) electrons. The van der Waals surface area contributed by atoms with Crippen LogP contribution in [0.15, 0.2) is 18.2 Å². The molecule has 124 valence electrons. The van der Waals surface area contributed by atoms with E-state index in [2.05, 4.69) is 23.9 Å². The first-order valence-corrected chi connectivity index (χ1v) is 8.22. The van der Waals surface area contributed by atoms with E-state index in [-0.39, 0.29) is 0 Å². The summed E-state index contributed by atoms with van der Waals surface area (Å²) in [5, 5.41) is 10.5. The molecule has 2 rings (SSSR count). The zero-order valence-electron chi connectivity index (χ0n) is 14.4. The first-order chi connectivity index (χ1) is 10.5. The van der Waals surface area contributed by atoms with E-state index in [0.29, 0.717) is 6.04 Å². The normalized spacial score (nSPS) is 18.6. The lowest BCUT2D eigenvalue weighted by Gasteiger charge is -2.35. The van der Waals surface area contributed by atoms with E-state index < -0.39 is 6.10 Å². The lowest BCUT2D eigenvalue weighted by molar-refractivity contribution is 0.109. The highest BCUT2D eigenvalue weighted by atomic mass is 16.5. The highest BCUT2D eigenvalue weighted by molar-refractivity contribution is 5.36. The number of nitrogens with zero attached hydrogens (tertiary/aromatic N) is 2. The predicted molar refractivity (Wildman–Crippen MR) is 90.5 cm³/mol. The summed E-state index contributed by atoms with van der Waals surface area (Å²) in [6, 6.07) is 6.54. The van der Waals surface area contributed by atoms with Gasteiger partial charge in [0.05, 0.1) is 13.2 Å². The standard InChI is InChI=1S/C18H30N2O2/c1-14-13-16(22-4)5-6-17(14)18(21)9-12-20(3)15-7-10-19(2)11-8-15/h5-6,13,15,18,21H,7-12H2,1-4H3. The van der Waals surface area contributed by atoms with Crippen molar-refractivity contribution in [2.45, 2.75) is 38.3 Å². The van der Waals surface area contributed by atoms with Crippen molar-refractivity contribution in [1.82, 2.24) is 9.80 Å². The Hall–Kier alpha value is -1.10. The lowest BCUT2D eigenvalue weighted by Crippen LogP contribution is -2.42. The van der Waals surface area contributed by atoms with Crippen molar-refractivity contribution >= 4 is 0 Å². The average Bonchev–Trinajstić information content (AvgIpc) is 2.52. The molecule has 1 N–H and O–H groups in total. The van der Waals surface area contributed by atoms with Gasteiger partial charge in [-0.2, -0.15) is 0 Å². The van der Waals surface area contributed by atoms with E-state index in [0.717, 1.165) is 29.8 Å². The number of aliphatic hydroxyl groups is 1. The van der Waals surface area contributed by atoms with Crippen molar-refractivity contribution < 1.29 is 9.84 Å². The number of likely N-dealkylation sites (tertiary alicyclic amines) is 1. The molecular formula is C18H30N2O2. The first-order valence-electron chi connectivity index (χ1n) is 8.22. The molecular weight excluding hydrogens is 276 g/mol. The number of aryl methyl sites for hydroxylation is 1. The zero-order valence-corrected chi connectivity index (χ0v) is 14.4. The summed E-state index contributed by atoms with van der Waals surface area (Å²) in [4.78, 5) is 4.80. The fourth-order valence-electron chi connectivity index (χ4n) is 3.25.